The number of fused-ring (bicyclic) bond motifs is 1. The zero-order valence-electron chi connectivity index (χ0n) is 10.9. The van der Waals surface area contributed by atoms with Gasteiger partial charge in [0.25, 0.3) is 5.91 Å². The molecule has 1 aromatic carbocycles. The summed E-state index contributed by atoms with van der Waals surface area (Å²) < 4.78 is 1.83. The Morgan fingerprint density at radius 3 is 2.75 bits per heavy atom. The van der Waals surface area contributed by atoms with Crippen molar-refractivity contribution in [2.75, 3.05) is 11.1 Å². The summed E-state index contributed by atoms with van der Waals surface area (Å²) in [6.45, 7) is 0. The van der Waals surface area contributed by atoms with Gasteiger partial charge in [-0.25, -0.2) is 9.97 Å². The molecule has 100 valence electrons. The second-order valence-electron chi connectivity index (χ2n) is 4.41. The Labute approximate surface area is 115 Å². The van der Waals surface area contributed by atoms with Crippen LogP contribution in [0.1, 0.15) is 10.4 Å². The van der Waals surface area contributed by atoms with Crippen LogP contribution in [0, 0.1) is 0 Å². The number of benzene rings is 1. The van der Waals surface area contributed by atoms with Crippen molar-refractivity contribution in [1.29, 1.82) is 0 Å². The SMILES string of the molecule is Cn1c(NC(=O)c2ccc(N)nc2)nc2ccccc21. The van der Waals surface area contributed by atoms with E-state index in [-0.39, 0.29) is 5.91 Å². The van der Waals surface area contributed by atoms with E-state index in [1.165, 1.54) is 6.20 Å². The van der Waals surface area contributed by atoms with E-state index in [1.54, 1.807) is 12.1 Å². The molecule has 0 saturated carbocycles. The first kappa shape index (κ1) is 12.2. The number of rotatable bonds is 2. The Balaban J connectivity index is 1.91. The second kappa shape index (κ2) is 4.65. The normalized spacial score (nSPS) is 10.7. The second-order valence-corrected chi connectivity index (χ2v) is 4.41. The summed E-state index contributed by atoms with van der Waals surface area (Å²) in [6, 6.07) is 10.9. The fourth-order valence-electron chi connectivity index (χ4n) is 1.97. The minimum absolute atomic E-state index is 0.268. The average molecular weight is 267 g/mol. The summed E-state index contributed by atoms with van der Waals surface area (Å²) in [5.74, 6) is 0.605. The first-order valence-electron chi connectivity index (χ1n) is 6.09. The summed E-state index contributed by atoms with van der Waals surface area (Å²) in [6.07, 6.45) is 1.44. The smallest absolute Gasteiger partial charge is 0.259 e. The van der Waals surface area contributed by atoms with Gasteiger partial charge < -0.3 is 10.3 Å². The Bertz CT molecular complexity index is 776. The Morgan fingerprint density at radius 2 is 2.05 bits per heavy atom. The number of hydrogen-bond acceptors (Lipinski definition) is 4. The lowest BCUT2D eigenvalue weighted by Crippen LogP contribution is -2.15. The van der Waals surface area contributed by atoms with Crippen LogP contribution in [0.2, 0.25) is 0 Å². The lowest BCUT2D eigenvalue weighted by atomic mass is 10.2. The molecular formula is C14H13N5O. The molecule has 0 fully saturated rings. The molecular weight excluding hydrogens is 254 g/mol. The number of aromatic nitrogens is 3. The molecule has 3 N–H and O–H groups in total. The summed E-state index contributed by atoms with van der Waals surface area (Å²) in [7, 11) is 1.85. The highest BCUT2D eigenvalue weighted by Crippen LogP contribution is 2.18. The van der Waals surface area contributed by atoms with Crippen molar-refractivity contribution in [3.05, 3.63) is 48.2 Å². The van der Waals surface area contributed by atoms with Crippen LogP contribution in [-0.4, -0.2) is 20.4 Å². The molecule has 0 unspecified atom stereocenters. The first-order chi connectivity index (χ1) is 9.65. The number of amides is 1. The fourth-order valence-corrected chi connectivity index (χ4v) is 1.97. The molecule has 0 saturated heterocycles. The maximum atomic E-state index is 12.1. The third kappa shape index (κ3) is 2.07. The molecule has 0 aliphatic rings. The lowest BCUT2D eigenvalue weighted by molar-refractivity contribution is 0.102. The number of carbonyl (C=O) groups excluding carboxylic acids is 1. The number of carbonyl (C=O) groups is 1. The largest absolute Gasteiger partial charge is 0.384 e. The van der Waals surface area contributed by atoms with E-state index in [0.29, 0.717) is 17.3 Å². The number of nitrogens with zero attached hydrogens (tertiary/aromatic N) is 3. The predicted octanol–water partition coefficient (Wildman–Crippen LogP) is 1.80. The fraction of sp³-hybridized carbons (Fsp3) is 0.0714. The molecule has 6 nitrogen and oxygen atoms in total. The van der Waals surface area contributed by atoms with Crippen molar-refractivity contribution in [3.8, 4) is 0 Å². The zero-order chi connectivity index (χ0) is 14.1. The molecule has 3 rings (SSSR count). The van der Waals surface area contributed by atoms with Gasteiger partial charge >= 0.3 is 0 Å². The molecule has 0 aliphatic carbocycles. The first-order valence-corrected chi connectivity index (χ1v) is 6.09. The quantitative estimate of drug-likeness (QED) is 0.741. The van der Waals surface area contributed by atoms with Gasteiger partial charge in [-0.3, -0.25) is 10.1 Å². The number of para-hydroxylation sites is 2. The summed E-state index contributed by atoms with van der Waals surface area (Å²) in [5, 5.41) is 2.77. The summed E-state index contributed by atoms with van der Waals surface area (Å²) >= 11 is 0. The predicted molar refractivity (Wildman–Crippen MR) is 77.3 cm³/mol. The molecule has 0 spiro atoms. The number of pyridine rings is 1. The van der Waals surface area contributed by atoms with Gasteiger partial charge in [0.15, 0.2) is 0 Å². The minimum atomic E-state index is -0.268. The number of anilines is 2. The van der Waals surface area contributed by atoms with Crippen LogP contribution < -0.4 is 11.1 Å². The topological polar surface area (TPSA) is 85.8 Å². The van der Waals surface area contributed by atoms with Crippen molar-refractivity contribution in [3.63, 3.8) is 0 Å². The molecule has 6 heteroatoms. The number of nitrogens with one attached hydrogen (secondary N) is 1. The maximum Gasteiger partial charge on any atom is 0.259 e. The highest BCUT2D eigenvalue weighted by atomic mass is 16.1. The molecule has 1 amide bonds. The van der Waals surface area contributed by atoms with E-state index in [1.807, 2.05) is 35.9 Å². The van der Waals surface area contributed by atoms with Crippen molar-refractivity contribution in [2.24, 2.45) is 7.05 Å². The number of hydrogen-bond donors (Lipinski definition) is 2. The van der Waals surface area contributed by atoms with Gasteiger partial charge in [-0.2, -0.15) is 0 Å². The maximum absolute atomic E-state index is 12.1. The Morgan fingerprint density at radius 1 is 1.25 bits per heavy atom. The Hall–Kier alpha value is -2.89. The van der Waals surface area contributed by atoms with Gasteiger partial charge in [-0.15, -0.1) is 0 Å². The van der Waals surface area contributed by atoms with Gasteiger partial charge in [0.1, 0.15) is 5.82 Å². The molecule has 0 bridgehead atoms. The minimum Gasteiger partial charge on any atom is -0.384 e. The third-order valence-corrected chi connectivity index (χ3v) is 3.06. The van der Waals surface area contributed by atoms with Gasteiger partial charge in [0.2, 0.25) is 5.95 Å². The zero-order valence-corrected chi connectivity index (χ0v) is 10.9. The molecule has 0 aliphatic heterocycles. The van der Waals surface area contributed by atoms with Crippen molar-refractivity contribution >= 4 is 28.7 Å². The van der Waals surface area contributed by atoms with Crippen molar-refractivity contribution in [1.82, 2.24) is 14.5 Å². The lowest BCUT2D eigenvalue weighted by Gasteiger charge is -2.05. The van der Waals surface area contributed by atoms with Gasteiger partial charge in [-0.1, -0.05) is 12.1 Å². The van der Waals surface area contributed by atoms with Crippen LogP contribution in [0.25, 0.3) is 11.0 Å². The van der Waals surface area contributed by atoms with E-state index in [9.17, 15) is 4.79 Å². The van der Waals surface area contributed by atoms with Gasteiger partial charge in [0, 0.05) is 13.2 Å². The average Bonchev–Trinajstić information content (AvgIpc) is 2.77. The van der Waals surface area contributed by atoms with Gasteiger partial charge in [0.05, 0.1) is 16.6 Å². The van der Waals surface area contributed by atoms with E-state index in [0.717, 1.165) is 11.0 Å². The number of aryl methyl sites for hydroxylation is 1. The van der Waals surface area contributed by atoms with Crippen LogP contribution in [0.15, 0.2) is 42.6 Å². The molecule has 0 atom stereocenters. The van der Waals surface area contributed by atoms with Crippen LogP contribution in [0.3, 0.4) is 0 Å². The standard InChI is InChI=1S/C14H13N5O/c1-19-11-5-3-2-4-10(11)17-14(19)18-13(20)9-6-7-12(15)16-8-9/h2-8H,1H3,(H2,15,16)(H,17,18,20). The molecule has 0 radical (unpaired) electrons. The van der Waals surface area contributed by atoms with Crippen LogP contribution >= 0.6 is 0 Å². The Kier molecular flexibility index (Phi) is 2.83. The molecule has 2 heterocycles. The highest BCUT2D eigenvalue weighted by molar-refractivity contribution is 6.04. The van der Waals surface area contributed by atoms with E-state index >= 15 is 0 Å². The third-order valence-electron chi connectivity index (χ3n) is 3.06. The molecule has 3 aromatic rings. The van der Waals surface area contributed by atoms with Crippen LogP contribution in [0.5, 0.6) is 0 Å². The van der Waals surface area contributed by atoms with E-state index in [2.05, 4.69) is 15.3 Å². The number of nitrogen functional groups attached to an aromatic ring is 1. The number of nitrogens with two attached hydrogens (primary N) is 1. The number of imidazole rings is 1. The van der Waals surface area contributed by atoms with Crippen LogP contribution in [0.4, 0.5) is 11.8 Å². The molecule has 20 heavy (non-hydrogen) atoms. The van der Waals surface area contributed by atoms with Crippen LogP contribution in [-0.2, 0) is 7.05 Å². The highest BCUT2D eigenvalue weighted by Gasteiger charge is 2.12. The van der Waals surface area contributed by atoms with Gasteiger partial charge in [-0.05, 0) is 24.3 Å². The molecule has 2 aromatic heterocycles. The van der Waals surface area contributed by atoms with E-state index in [4.69, 9.17) is 5.73 Å². The van der Waals surface area contributed by atoms with E-state index < -0.39 is 0 Å². The summed E-state index contributed by atoms with van der Waals surface area (Å²) in [4.78, 5) is 20.4. The summed E-state index contributed by atoms with van der Waals surface area (Å²) in [5.41, 5.74) is 7.72. The monoisotopic (exact) mass is 267 g/mol. The van der Waals surface area contributed by atoms with Crippen molar-refractivity contribution in [2.45, 2.75) is 0 Å². The van der Waals surface area contributed by atoms with Crippen molar-refractivity contribution < 1.29 is 4.79 Å².